The number of carbonyl (C=O) groups is 1. The molecule has 0 aliphatic carbocycles. The molecule has 8 nitrogen and oxygen atoms in total. The number of fused-ring (bicyclic) bond motifs is 1. The molecule has 1 atom stereocenters. The summed E-state index contributed by atoms with van der Waals surface area (Å²) in [4.78, 5) is 16.5. The van der Waals surface area contributed by atoms with Gasteiger partial charge in [0.1, 0.15) is 13.2 Å². The van der Waals surface area contributed by atoms with Crippen molar-refractivity contribution in [1.82, 2.24) is 10.3 Å². The number of hydrogen-bond donors (Lipinski definition) is 2. The van der Waals surface area contributed by atoms with Crippen molar-refractivity contribution in [3.05, 3.63) is 23.6 Å². The van der Waals surface area contributed by atoms with E-state index in [2.05, 4.69) is 15.6 Å². The van der Waals surface area contributed by atoms with Crippen molar-refractivity contribution >= 4 is 32.3 Å². The molecule has 2 aliphatic rings. The first-order chi connectivity index (χ1) is 13.0. The summed E-state index contributed by atoms with van der Waals surface area (Å²) in [6, 6.07) is 5.22. The first-order valence-electron chi connectivity index (χ1n) is 8.59. The highest BCUT2D eigenvalue weighted by Gasteiger charge is 2.28. The van der Waals surface area contributed by atoms with Crippen molar-refractivity contribution in [2.75, 3.05) is 36.6 Å². The van der Waals surface area contributed by atoms with E-state index in [9.17, 15) is 13.2 Å². The van der Waals surface area contributed by atoms with Crippen LogP contribution in [0, 0.1) is 5.92 Å². The van der Waals surface area contributed by atoms with Crippen molar-refractivity contribution < 1.29 is 22.7 Å². The Morgan fingerprint density at radius 3 is 2.85 bits per heavy atom. The van der Waals surface area contributed by atoms with Crippen molar-refractivity contribution in [2.45, 2.75) is 6.42 Å². The van der Waals surface area contributed by atoms with Gasteiger partial charge in [0.15, 0.2) is 26.5 Å². The lowest BCUT2D eigenvalue weighted by atomic mass is 10.1. The number of thiazole rings is 1. The summed E-state index contributed by atoms with van der Waals surface area (Å²) in [5.41, 5.74) is 1.61. The number of amides is 2. The Bertz CT molecular complexity index is 957. The Kier molecular flexibility index (Phi) is 4.92. The van der Waals surface area contributed by atoms with Gasteiger partial charge in [-0.05, 0) is 30.5 Å². The highest BCUT2D eigenvalue weighted by Crippen LogP contribution is 2.35. The fourth-order valence-electron chi connectivity index (χ4n) is 3.08. The van der Waals surface area contributed by atoms with Gasteiger partial charge in [-0.15, -0.1) is 11.3 Å². The van der Waals surface area contributed by atoms with Gasteiger partial charge >= 0.3 is 6.03 Å². The second kappa shape index (κ2) is 7.35. The van der Waals surface area contributed by atoms with Crippen LogP contribution in [0.2, 0.25) is 0 Å². The zero-order valence-electron chi connectivity index (χ0n) is 14.4. The zero-order chi connectivity index (χ0) is 18.9. The molecule has 2 amide bonds. The van der Waals surface area contributed by atoms with E-state index in [1.54, 1.807) is 0 Å². The van der Waals surface area contributed by atoms with E-state index in [1.807, 2.05) is 23.6 Å². The highest BCUT2D eigenvalue weighted by molar-refractivity contribution is 7.91. The molecule has 4 rings (SSSR count). The first kappa shape index (κ1) is 18.1. The van der Waals surface area contributed by atoms with Crippen LogP contribution in [-0.2, 0) is 9.84 Å². The molecule has 2 aliphatic heterocycles. The maximum absolute atomic E-state index is 12.0. The van der Waals surface area contributed by atoms with E-state index in [1.165, 1.54) is 11.3 Å². The van der Waals surface area contributed by atoms with Crippen LogP contribution in [0.25, 0.3) is 11.3 Å². The molecule has 1 saturated heterocycles. The molecule has 1 aromatic heterocycles. The number of ether oxygens (including phenoxy) is 2. The average Bonchev–Trinajstić information content (AvgIpc) is 3.25. The summed E-state index contributed by atoms with van der Waals surface area (Å²) < 4.78 is 34.0. The monoisotopic (exact) mass is 409 g/mol. The molecular weight excluding hydrogens is 390 g/mol. The number of rotatable bonds is 4. The third-order valence-corrected chi connectivity index (χ3v) is 7.04. The normalized spacial score (nSPS) is 20.2. The van der Waals surface area contributed by atoms with Crippen molar-refractivity contribution in [3.8, 4) is 22.8 Å². The van der Waals surface area contributed by atoms with E-state index in [-0.39, 0.29) is 23.5 Å². The predicted octanol–water partition coefficient (Wildman–Crippen LogP) is 2.14. The highest BCUT2D eigenvalue weighted by atomic mass is 32.2. The van der Waals surface area contributed by atoms with Gasteiger partial charge < -0.3 is 14.8 Å². The van der Waals surface area contributed by atoms with Gasteiger partial charge in [0.2, 0.25) is 0 Å². The standard InChI is InChI=1S/C17H19N3O5S2/c21-16(18-8-11-3-6-27(22,23)10-11)20-17-19-13(9-26-17)12-1-2-14-15(7-12)25-5-4-24-14/h1-2,7,9,11H,3-6,8,10H2,(H2,18,19,20,21)/t11-/m1/s1. The van der Waals surface area contributed by atoms with E-state index in [0.29, 0.717) is 42.8 Å². The number of nitrogens with one attached hydrogen (secondary N) is 2. The van der Waals surface area contributed by atoms with Crippen molar-refractivity contribution in [1.29, 1.82) is 0 Å². The number of hydrogen-bond acceptors (Lipinski definition) is 7. The van der Waals surface area contributed by atoms with Crippen LogP contribution in [0.15, 0.2) is 23.6 Å². The molecule has 0 spiro atoms. The molecule has 2 aromatic rings. The lowest BCUT2D eigenvalue weighted by Crippen LogP contribution is -2.33. The average molecular weight is 409 g/mol. The summed E-state index contributed by atoms with van der Waals surface area (Å²) in [5.74, 6) is 1.72. The molecule has 0 saturated carbocycles. The van der Waals surface area contributed by atoms with Crippen LogP contribution >= 0.6 is 11.3 Å². The molecule has 1 aromatic carbocycles. The quantitative estimate of drug-likeness (QED) is 0.801. The lowest BCUT2D eigenvalue weighted by Gasteiger charge is -2.18. The molecule has 2 N–H and O–H groups in total. The topological polar surface area (TPSA) is 107 Å². The van der Waals surface area contributed by atoms with Gasteiger partial charge in [-0.2, -0.15) is 0 Å². The molecule has 3 heterocycles. The Morgan fingerprint density at radius 2 is 2.07 bits per heavy atom. The van der Waals surface area contributed by atoms with Gasteiger partial charge in [-0.1, -0.05) is 0 Å². The van der Waals surface area contributed by atoms with Crippen molar-refractivity contribution in [3.63, 3.8) is 0 Å². The van der Waals surface area contributed by atoms with Gasteiger partial charge in [-0.3, -0.25) is 5.32 Å². The number of aromatic nitrogens is 1. The Morgan fingerprint density at radius 1 is 1.26 bits per heavy atom. The number of nitrogens with zero attached hydrogens (tertiary/aromatic N) is 1. The molecule has 0 bridgehead atoms. The molecule has 27 heavy (non-hydrogen) atoms. The molecule has 10 heteroatoms. The van der Waals surface area contributed by atoms with E-state index in [4.69, 9.17) is 9.47 Å². The van der Waals surface area contributed by atoms with E-state index >= 15 is 0 Å². The predicted molar refractivity (Wildman–Crippen MR) is 102 cm³/mol. The molecule has 144 valence electrons. The zero-order valence-corrected chi connectivity index (χ0v) is 16.1. The third-order valence-electron chi connectivity index (χ3n) is 4.44. The number of benzene rings is 1. The minimum absolute atomic E-state index is 0.0229. The molecule has 1 fully saturated rings. The summed E-state index contributed by atoms with van der Waals surface area (Å²) in [6.07, 6.45) is 0.591. The minimum Gasteiger partial charge on any atom is -0.486 e. The number of carbonyl (C=O) groups excluding carboxylic acids is 1. The Hall–Kier alpha value is -2.33. The van der Waals surface area contributed by atoms with Gasteiger partial charge in [-0.25, -0.2) is 18.2 Å². The number of urea groups is 1. The minimum atomic E-state index is -2.94. The fraction of sp³-hybridized carbons (Fsp3) is 0.412. The molecule has 0 radical (unpaired) electrons. The Labute approximate surface area is 160 Å². The number of anilines is 1. The van der Waals surface area contributed by atoms with Gasteiger partial charge in [0, 0.05) is 17.5 Å². The molecule has 0 unspecified atom stereocenters. The van der Waals surface area contributed by atoms with E-state index in [0.717, 1.165) is 11.3 Å². The second-order valence-electron chi connectivity index (χ2n) is 6.50. The van der Waals surface area contributed by atoms with Gasteiger partial charge in [0.05, 0.1) is 17.2 Å². The van der Waals surface area contributed by atoms with Crippen LogP contribution in [-0.4, -0.2) is 50.7 Å². The SMILES string of the molecule is O=C(NC[C@H]1CCS(=O)(=O)C1)Nc1nc(-c2ccc3c(c2)OCCO3)cs1. The van der Waals surface area contributed by atoms with Crippen molar-refractivity contribution in [2.24, 2.45) is 5.92 Å². The summed E-state index contributed by atoms with van der Waals surface area (Å²) in [5, 5.41) is 7.73. The third kappa shape index (κ3) is 4.33. The summed E-state index contributed by atoms with van der Waals surface area (Å²) in [6.45, 7) is 1.40. The Balaban J connectivity index is 1.34. The lowest BCUT2D eigenvalue weighted by molar-refractivity contribution is 0.171. The molecular formula is C17H19N3O5S2. The summed E-state index contributed by atoms with van der Waals surface area (Å²) >= 11 is 1.32. The van der Waals surface area contributed by atoms with Crippen LogP contribution in [0.4, 0.5) is 9.93 Å². The first-order valence-corrected chi connectivity index (χ1v) is 11.3. The largest absolute Gasteiger partial charge is 0.486 e. The van der Waals surface area contributed by atoms with Crippen LogP contribution in [0.5, 0.6) is 11.5 Å². The van der Waals surface area contributed by atoms with Crippen LogP contribution in [0.3, 0.4) is 0 Å². The van der Waals surface area contributed by atoms with Gasteiger partial charge in [0.25, 0.3) is 0 Å². The summed E-state index contributed by atoms with van der Waals surface area (Å²) in [7, 11) is -2.94. The maximum atomic E-state index is 12.0. The maximum Gasteiger partial charge on any atom is 0.321 e. The smallest absolute Gasteiger partial charge is 0.321 e. The fourth-order valence-corrected chi connectivity index (χ4v) is 5.65. The second-order valence-corrected chi connectivity index (χ2v) is 9.59. The van der Waals surface area contributed by atoms with Crippen LogP contribution in [0.1, 0.15) is 6.42 Å². The van der Waals surface area contributed by atoms with E-state index < -0.39 is 9.84 Å². The van der Waals surface area contributed by atoms with Crippen LogP contribution < -0.4 is 20.1 Å². The number of sulfone groups is 1.